The van der Waals surface area contributed by atoms with E-state index in [0.29, 0.717) is 5.92 Å². The number of carboxylic acid groups (broad SMARTS) is 1. The molecule has 1 fully saturated rings. The summed E-state index contributed by atoms with van der Waals surface area (Å²) in [7, 11) is -4.00. The highest BCUT2D eigenvalue weighted by molar-refractivity contribution is 7.85. The lowest BCUT2D eigenvalue weighted by Crippen LogP contribution is -2.38. The van der Waals surface area contributed by atoms with Crippen LogP contribution < -0.4 is 5.73 Å². The van der Waals surface area contributed by atoms with Crippen molar-refractivity contribution in [2.45, 2.75) is 17.4 Å². The molecule has 2 aliphatic rings. The fourth-order valence-electron chi connectivity index (χ4n) is 2.80. The van der Waals surface area contributed by atoms with E-state index in [4.69, 9.17) is 15.4 Å². The van der Waals surface area contributed by atoms with Gasteiger partial charge in [0.25, 0.3) is 10.1 Å². The monoisotopic (exact) mass is 311 g/mol. The van der Waals surface area contributed by atoms with Gasteiger partial charge in [0.2, 0.25) is 0 Å². The van der Waals surface area contributed by atoms with Crippen LogP contribution in [0.25, 0.3) is 0 Å². The number of fused-ring (bicyclic) bond motifs is 2. The zero-order valence-corrected chi connectivity index (χ0v) is 12.0. The molecule has 6 nitrogen and oxygen atoms in total. The summed E-state index contributed by atoms with van der Waals surface area (Å²) in [5.41, 5.74) is 5.73. The first kappa shape index (κ1) is 15.7. The standard InChI is InChI=1S/C8H11NO2.C6H6O3S/c9-7-5-2-1-4(3-5)6(7)8(10)11;7-10(8,9)6-4-2-1-3-5-6/h1-2,4-7H,3,9H2,(H,10,11);1-5H,(H,7,8,9)/t4-,5+,6+,7+;/m1./s1. The van der Waals surface area contributed by atoms with Crippen molar-refractivity contribution in [3.63, 3.8) is 0 Å². The van der Waals surface area contributed by atoms with Crippen LogP contribution in [0, 0.1) is 17.8 Å². The summed E-state index contributed by atoms with van der Waals surface area (Å²) in [6.45, 7) is 0. The number of hydrogen-bond donors (Lipinski definition) is 3. The van der Waals surface area contributed by atoms with Crippen molar-refractivity contribution in [2.75, 3.05) is 0 Å². The molecule has 0 saturated heterocycles. The Morgan fingerprint density at radius 3 is 2.05 bits per heavy atom. The number of hydrogen-bond acceptors (Lipinski definition) is 4. The third-order valence-electron chi connectivity index (χ3n) is 3.85. The van der Waals surface area contributed by atoms with Gasteiger partial charge in [-0.25, -0.2) is 0 Å². The molecule has 1 aromatic carbocycles. The molecule has 0 spiro atoms. The molecule has 0 aliphatic heterocycles. The van der Waals surface area contributed by atoms with Crippen LogP contribution in [0.5, 0.6) is 0 Å². The molecule has 114 valence electrons. The van der Waals surface area contributed by atoms with Gasteiger partial charge in [0, 0.05) is 6.04 Å². The Morgan fingerprint density at radius 2 is 1.71 bits per heavy atom. The fraction of sp³-hybridized carbons (Fsp3) is 0.357. The topological polar surface area (TPSA) is 118 Å². The summed E-state index contributed by atoms with van der Waals surface area (Å²) in [6, 6.07) is 7.27. The second kappa shape index (κ2) is 5.97. The van der Waals surface area contributed by atoms with Crippen LogP contribution in [0.3, 0.4) is 0 Å². The molecule has 4 atom stereocenters. The van der Waals surface area contributed by atoms with E-state index in [1.54, 1.807) is 18.2 Å². The molecule has 0 heterocycles. The summed E-state index contributed by atoms with van der Waals surface area (Å²) in [4.78, 5) is 10.6. The average molecular weight is 311 g/mol. The van der Waals surface area contributed by atoms with Crippen molar-refractivity contribution in [3.05, 3.63) is 42.5 Å². The van der Waals surface area contributed by atoms with E-state index in [0.717, 1.165) is 6.42 Å². The molecular formula is C14H17NO5S. The smallest absolute Gasteiger partial charge is 0.308 e. The normalized spacial score (nSPS) is 29.8. The molecule has 2 aliphatic carbocycles. The summed E-state index contributed by atoms with van der Waals surface area (Å²) in [5, 5.41) is 8.79. The summed E-state index contributed by atoms with van der Waals surface area (Å²) < 4.78 is 29.2. The lowest BCUT2D eigenvalue weighted by Gasteiger charge is -2.19. The number of aliphatic carboxylic acids is 1. The lowest BCUT2D eigenvalue weighted by atomic mass is 9.90. The number of carboxylic acids is 1. The zero-order valence-electron chi connectivity index (χ0n) is 11.2. The number of rotatable bonds is 2. The quantitative estimate of drug-likeness (QED) is 0.557. The SMILES string of the molecule is N[C@@H]1[C@@H](C(=O)O)[C@@H]2C=C[C@H]1C2.O=S(=O)(O)c1ccccc1. The second-order valence-corrected chi connectivity index (χ2v) is 6.60. The molecule has 21 heavy (non-hydrogen) atoms. The first-order chi connectivity index (χ1) is 9.80. The Balaban J connectivity index is 0.000000155. The van der Waals surface area contributed by atoms with Crippen LogP contribution in [-0.4, -0.2) is 30.1 Å². The minimum atomic E-state index is -4.00. The second-order valence-electron chi connectivity index (χ2n) is 5.18. The van der Waals surface area contributed by atoms with Crippen LogP contribution in [-0.2, 0) is 14.9 Å². The van der Waals surface area contributed by atoms with E-state index in [1.807, 2.05) is 6.08 Å². The van der Waals surface area contributed by atoms with Crippen molar-refractivity contribution in [2.24, 2.45) is 23.5 Å². The maximum absolute atomic E-state index is 10.7. The maximum atomic E-state index is 10.7. The first-order valence-corrected chi connectivity index (χ1v) is 7.94. The van der Waals surface area contributed by atoms with Gasteiger partial charge in [0.15, 0.2) is 0 Å². The third-order valence-corrected chi connectivity index (χ3v) is 4.71. The molecule has 4 N–H and O–H groups in total. The third kappa shape index (κ3) is 3.49. The van der Waals surface area contributed by atoms with E-state index < -0.39 is 16.1 Å². The van der Waals surface area contributed by atoms with Gasteiger partial charge in [0.05, 0.1) is 10.8 Å². The number of benzene rings is 1. The van der Waals surface area contributed by atoms with Crippen LogP contribution in [0.1, 0.15) is 6.42 Å². The van der Waals surface area contributed by atoms with Crippen molar-refractivity contribution in [3.8, 4) is 0 Å². The summed E-state index contributed by atoms with van der Waals surface area (Å²) in [5.74, 6) is -0.548. The minimum absolute atomic E-state index is 0.0741. The van der Waals surface area contributed by atoms with Gasteiger partial charge in [-0.3, -0.25) is 9.35 Å². The van der Waals surface area contributed by atoms with Gasteiger partial charge in [-0.2, -0.15) is 8.42 Å². The van der Waals surface area contributed by atoms with E-state index >= 15 is 0 Å². The highest BCUT2D eigenvalue weighted by Crippen LogP contribution is 2.42. The van der Waals surface area contributed by atoms with E-state index in [-0.39, 0.29) is 22.8 Å². The van der Waals surface area contributed by atoms with Crippen LogP contribution in [0.2, 0.25) is 0 Å². The van der Waals surface area contributed by atoms with E-state index in [1.165, 1.54) is 12.1 Å². The largest absolute Gasteiger partial charge is 0.481 e. The molecule has 1 saturated carbocycles. The molecular weight excluding hydrogens is 294 g/mol. The molecule has 2 bridgehead atoms. The molecule has 0 radical (unpaired) electrons. The highest BCUT2D eigenvalue weighted by Gasteiger charge is 2.46. The van der Waals surface area contributed by atoms with Crippen molar-refractivity contribution in [1.82, 2.24) is 0 Å². The predicted molar refractivity (Wildman–Crippen MR) is 76.1 cm³/mol. The first-order valence-electron chi connectivity index (χ1n) is 6.50. The van der Waals surface area contributed by atoms with Crippen molar-refractivity contribution < 1.29 is 22.9 Å². The number of allylic oxidation sites excluding steroid dienone is 1. The summed E-state index contributed by atoms with van der Waals surface area (Å²) in [6.07, 6.45) is 4.99. The predicted octanol–water partition coefficient (Wildman–Crippen LogP) is 1.15. The zero-order chi connectivity index (χ0) is 15.6. The van der Waals surface area contributed by atoms with Crippen LogP contribution in [0.4, 0.5) is 0 Å². The van der Waals surface area contributed by atoms with Crippen molar-refractivity contribution >= 4 is 16.1 Å². The molecule has 3 rings (SSSR count). The van der Waals surface area contributed by atoms with Gasteiger partial charge in [-0.15, -0.1) is 0 Å². The minimum Gasteiger partial charge on any atom is -0.481 e. The number of nitrogens with two attached hydrogens (primary N) is 1. The number of carbonyl (C=O) groups is 1. The van der Waals surface area contributed by atoms with Crippen molar-refractivity contribution in [1.29, 1.82) is 0 Å². The maximum Gasteiger partial charge on any atom is 0.308 e. The van der Waals surface area contributed by atoms with Gasteiger partial charge < -0.3 is 10.8 Å². The molecule has 0 unspecified atom stereocenters. The molecule has 7 heteroatoms. The Hall–Kier alpha value is -1.70. The van der Waals surface area contributed by atoms with Gasteiger partial charge in [0.1, 0.15) is 0 Å². The van der Waals surface area contributed by atoms with Gasteiger partial charge in [-0.05, 0) is 30.4 Å². The Morgan fingerprint density at radius 1 is 1.14 bits per heavy atom. The summed E-state index contributed by atoms with van der Waals surface area (Å²) >= 11 is 0. The lowest BCUT2D eigenvalue weighted by molar-refractivity contribution is -0.143. The molecule has 1 aromatic rings. The average Bonchev–Trinajstić information content (AvgIpc) is 3.00. The molecule has 0 amide bonds. The Kier molecular flexibility index (Phi) is 4.46. The van der Waals surface area contributed by atoms with Gasteiger partial charge in [-0.1, -0.05) is 30.4 Å². The Labute approximate surface area is 123 Å². The Bertz CT molecular complexity index is 641. The molecule has 0 aromatic heterocycles. The van der Waals surface area contributed by atoms with Crippen LogP contribution >= 0.6 is 0 Å². The fourth-order valence-corrected chi connectivity index (χ4v) is 3.30. The van der Waals surface area contributed by atoms with Gasteiger partial charge >= 0.3 is 5.97 Å². The highest BCUT2D eigenvalue weighted by atomic mass is 32.2. The van der Waals surface area contributed by atoms with E-state index in [2.05, 4.69) is 6.08 Å². The van der Waals surface area contributed by atoms with E-state index in [9.17, 15) is 13.2 Å². The van der Waals surface area contributed by atoms with Crippen LogP contribution in [0.15, 0.2) is 47.4 Å².